The second-order valence-corrected chi connectivity index (χ2v) is 7.61. The first kappa shape index (κ1) is 18.3. The van der Waals surface area contributed by atoms with Gasteiger partial charge in [-0.1, -0.05) is 53.2 Å². The molecule has 3 rings (SSSR count). The van der Waals surface area contributed by atoms with Crippen LogP contribution < -0.4 is 9.64 Å². The lowest BCUT2D eigenvalue weighted by Gasteiger charge is -2.15. The van der Waals surface area contributed by atoms with Crippen LogP contribution in [0, 0.1) is 0 Å². The molecule has 2 aromatic carbocycles. The predicted octanol–water partition coefficient (Wildman–Crippen LogP) is 5.80. The van der Waals surface area contributed by atoms with E-state index in [-0.39, 0.29) is 5.91 Å². The normalized spacial score (nSPS) is 16.0. The lowest BCUT2D eigenvalue weighted by atomic mass is 10.2. The van der Waals surface area contributed by atoms with Gasteiger partial charge >= 0.3 is 0 Å². The Morgan fingerprint density at radius 3 is 2.52 bits per heavy atom. The maximum absolute atomic E-state index is 12.7. The van der Waals surface area contributed by atoms with Gasteiger partial charge in [-0.15, -0.1) is 0 Å². The number of carbonyl (C=O) groups is 1. The number of amides is 1. The van der Waals surface area contributed by atoms with Crippen LogP contribution in [0.1, 0.15) is 12.5 Å². The summed E-state index contributed by atoms with van der Waals surface area (Å²) in [5.41, 5.74) is 1.50. The topological polar surface area (TPSA) is 29.5 Å². The number of thiocarbonyl (C=S) groups is 1. The molecular formula is C18H13Cl2NO2S2. The molecule has 0 aromatic heterocycles. The van der Waals surface area contributed by atoms with Gasteiger partial charge in [0.1, 0.15) is 5.75 Å². The van der Waals surface area contributed by atoms with Crippen molar-refractivity contribution in [2.45, 2.75) is 6.92 Å². The van der Waals surface area contributed by atoms with Gasteiger partial charge in [0.05, 0.1) is 27.2 Å². The van der Waals surface area contributed by atoms with Gasteiger partial charge in [0.15, 0.2) is 4.32 Å². The monoisotopic (exact) mass is 409 g/mol. The minimum Gasteiger partial charge on any atom is -0.494 e. The van der Waals surface area contributed by atoms with Crippen molar-refractivity contribution in [1.82, 2.24) is 0 Å². The Morgan fingerprint density at radius 2 is 1.88 bits per heavy atom. The van der Waals surface area contributed by atoms with Crippen LogP contribution in [0.2, 0.25) is 10.0 Å². The fourth-order valence-electron chi connectivity index (χ4n) is 2.30. The Labute approximate surface area is 165 Å². The highest BCUT2D eigenvalue weighted by Crippen LogP contribution is 2.37. The van der Waals surface area contributed by atoms with Crippen molar-refractivity contribution in [3.63, 3.8) is 0 Å². The molecule has 0 aliphatic carbocycles. The van der Waals surface area contributed by atoms with Crippen LogP contribution in [0.5, 0.6) is 5.75 Å². The summed E-state index contributed by atoms with van der Waals surface area (Å²) >= 11 is 18.6. The van der Waals surface area contributed by atoms with Crippen molar-refractivity contribution in [2.75, 3.05) is 11.5 Å². The first-order valence-electron chi connectivity index (χ1n) is 7.45. The molecule has 0 N–H and O–H groups in total. The van der Waals surface area contributed by atoms with E-state index >= 15 is 0 Å². The smallest absolute Gasteiger partial charge is 0.270 e. The van der Waals surface area contributed by atoms with Gasteiger partial charge < -0.3 is 4.74 Å². The number of rotatable bonds is 4. The van der Waals surface area contributed by atoms with E-state index in [2.05, 4.69) is 0 Å². The second-order valence-electron chi connectivity index (χ2n) is 5.12. The molecule has 0 saturated carbocycles. The number of nitrogens with zero attached hydrogens (tertiary/aromatic N) is 1. The number of halogens is 2. The molecule has 1 heterocycles. The molecule has 0 spiro atoms. The molecule has 0 radical (unpaired) electrons. The minimum atomic E-state index is -0.162. The molecule has 3 nitrogen and oxygen atoms in total. The second kappa shape index (κ2) is 7.79. The first-order chi connectivity index (χ1) is 12.0. The Morgan fingerprint density at radius 1 is 1.16 bits per heavy atom. The van der Waals surface area contributed by atoms with E-state index in [9.17, 15) is 4.79 Å². The van der Waals surface area contributed by atoms with Crippen LogP contribution in [0.3, 0.4) is 0 Å². The molecule has 1 amide bonds. The third-order valence-electron chi connectivity index (χ3n) is 3.44. The summed E-state index contributed by atoms with van der Waals surface area (Å²) in [6.07, 6.45) is 1.76. The van der Waals surface area contributed by atoms with Gasteiger partial charge in [0.2, 0.25) is 0 Å². The molecule has 1 fully saturated rings. The maximum Gasteiger partial charge on any atom is 0.270 e. The lowest BCUT2D eigenvalue weighted by Crippen LogP contribution is -2.27. The molecule has 1 aliphatic heterocycles. The highest BCUT2D eigenvalue weighted by Gasteiger charge is 2.33. The fourth-order valence-corrected chi connectivity index (χ4v) is 3.91. The number of carbonyl (C=O) groups excluding carboxylic acids is 1. The number of hydrogen-bond donors (Lipinski definition) is 0. The number of anilines is 1. The quantitative estimate of drug-likeness (QED) is 0.471. The molecule has 1 aliphatic rings. The van der Waals surface area contributed by atoms with Crippen molar-refractivity contribution in [3.05, 3.63) is 63.0 Å². The summed E-state index contributed by atoms with van der Waals surface area (Å²) in [5, 5.41) is 0.915. The number of thioether (sulfide) groups is 1. The zero-order valence-electron chi connectivity index (χ0n) is 13.2. The van der Waals surface area contributed by atoms with Crippen molar-refractivity contribution in [3.8, 4) is 5.75 Å². The highest BCUT2D eigenvalue weighted by molar-refractivity contribution is 8.27. The fraction of sp³-hybridized carbons (Fsp3) is 0.111. The van der Waals surface area contributed by atoms with E-state index < -0.39 is 0 Å². The van der Waals surface area contributed by atoms with E-state index in [1.807, 2.05) is 31.2 Å². The standard InChI is InChI=1S/C18H13Cl2NO2S2/c1-2-23-13-6-4-12(5-7-13)21-17(22)16(25-18(21)24)10-11-3-8-14(19)15(20)9-11/h3-10H,2H2,1H3/b16-10-. The highest BCUT2D eigenvalue weighted by atomic mass is 35.5. The number of ether oxygens (including phenoxy) is 1. The molecule has 128 valence electrons. The van der Waals surface area contributed by atoms with E-state index in [0.29, 0.717) is 31.6 Å². The lowest BCUT2D eigenvalue weighted by molar-refractivity contribution is -0.113. The molecule has 0 atom stereocenters. The van der Waals surface area contributed by atoms with E-state index in [0.717, 1.165) is 11.3 Å². The van der Waals surface area contributed by atoms with E-state index in [1.165, 1.54) is 16.7 Å². The van der Waals surface area contributed by atoms with Crippen LogP contribution >= 0.6 is 47.2 Å². The van der Waals surface area contributed by atoms with Crippen LogP contribution in [0.25, 0.3) is 6.08 Å². The first-order valence-corrected chi connectivity index (χ1v) is 9.43. The number of hydrogen-bond acceptors (Lipinski definition) is 4. The minimum absolute atomic E-state index is 0.162. The van der Waals surface area contributed by atoms with Gasteiger partial charge in [-0.3, -0.25) is 9.69 Å². The number of benzene rings is 2. The Bertz CT molecular complexity index is 866. The van der Waals surface area contributed by atoms with Crippen LogP contribution in [0.15, 0.2) is 47.4 Å². The van der Waals surface area contributed by atoms with Crippen molar-refractivity contribution < 1.29 is 9.53 Å². The van der Waals surface area contributed by atoms with Gasteiger partial charge in [-0.05, 0) is 55.0 Å². The van der Waals surface area contributed by atoms with E-state index in [4.69, 9.17) is 40.2 Å². The van der Waals surface area contributed by atoms with Crippen molar-refractivity contribution in [1.29, 1.82) is 0 Å². The molecular weight excluding hydrogens is 397 g/mol. The maximum atomic E-state index is 12.7. The van der Waals surface area contributed by atoms with Gasteiger partial charge in [0, 0.05) is 0 Å². The zero-order chi connectivity index (χ0) is 18.0. The average Bonchev–Trinajstić information content (AvgIpc) is 2.86. The predicted molar refractivity (Wildman–Crippen MR) is 110 cm³/mol. The van der Waals surface area contributed by atoms with Gasteiger partial charge in [0.25, 0.3) is 5.91 Å². The molecule has 25 heavy (non-hydrogen) atoms. The molecule has 7 heteroatoms. The Balaban J connectivity index is 1.86. The summed E-state index contributed by atoms with van der Waals surface area (Å²) in [4.78, 5) is 14.8. The van der Waals surface area contributed by atoms with E-state index in [1.54, 1.807) is 24.3 Å². The Hall–Kier alpha value is -1.53. The van der Waals surface area contributed by atoms with Gasteiger partial charge in [-0.2, -0.15) is 0 Å². The summed E-state index contributed by atoms with van der Waals surface area (Å²) in [7, 11) is 0. The molecule has 1 saturated heterocycles. The summed E-state index contributed by atoms with van der Waals surface area (Å²) in [6, 6.07) is 12.5. The van der Waals surface area contributed by atoms with Crippen LogP contribution in [-0.4, -0.2) is 16.8 Å². The zero-order valence-corrected chi connectivity index (χ0v) is 16.3. The third kappa shape index (κ3) is 4.01. The summed E-state index contributed by atoms with van der Waals surface area (Å²) in [6.45, 7) is 2.51. The summed E-state index contributed by atoms with van der Waals surface area (Å²) in [5.74, 6) is 0.591. The van der Waals surface area contributed by atoms with Crippen molar-refractivity contribution >= 4 is 69.2 Å². The van der Waals surface area contributed by atoms with Gasteiger partial charge in [-0.25, -0.2) is 0 Å². The summed E-state index contributed by atoms with van der Waals surface area (Å²) < 4.78 is 5.91. The molecule has 2 aromatic rings. The average molecular weight is 410 g/mol. The molecule has 0 bridgehead atoms. The third-order valence-corrected chi connectivity index (χ3v) is 5.48. The SMILES string of the molecule is CCOc1ccc(N2C(=O)/C(=C/c3ccc(Cl)c(Cl)c3)SC2=S)cc1. The van der Waals surface area contributed by atoms with Crippen LogP contribution in [-0.2, 0) is 4.79 Å². The molecule has 0 unspecified atom stereocenters. The largest absolute Gasteiger partial charge is 0.494 e. The Kier molecular flexibility index (Phi) is 5.69. The van der Waals surface area contributed by atoms with Crippen molar-refractivity contribution in [2.24, 2.45) is 0 Å². The van der Waals surface area contributed by atoms with Crippen LogP contribution in [0.4, 0.5) is 5.69 Å².